The van der Waals surface area contributed by atoms with E-state index in [2.05, 4.69) is 10.3 Å². The van der Waals surface area contributed by atoms with Crippen molar-refractivity contribution in [3.63, 3.8) is 0 Å². The van der Waals surface area contributed by atoms with Crippen LogP contribution in [0.1, 0.15) is 12.0 Å². The second kappa shape index (κ2) is 8.05. The fourth-order valence-electron chi connectivity index (χ4n) is 2.50. The molecule has 0 unspecified atom stereocenters. The lowest BCUT2D eigenvalue weighted by Gasteiger charge is -2.28. The van der Waals surface area contributed by atoms with Crippen LogP contribution in [0.3, 0.4) is 0 Å². The molecule has 1 heterocycles. The fraction of sp³-hybridized carbons (Fsp3) is 0.211. The van der Waals surface area contributed by atoms with Crippen LogP contribution < -0.4 is 5.32 Å². The van der Waals surface area contributed by atoms with Gasteiger partial charge in [0.15, 0.2) is 5.17 Å². The number of rotatable bonds is 3. The number of aliphatic imine (C=N–C) groups is 1. The van der Waals surface area contributed by atoms with Crippen LogP contribution >= 0.6 is 11.8 Å². The highest BCUT2D eigenvalue weighted by Crippen LogP contribution is 2.33. The molecule has 3 rings (SSSR count). The summed E-state index contributed by atoms with van der Waals surface area (Å²) in [5, 5.41) is 2.17. The average molecular weight is 407 g/mol. The van der Waals surface area contributed by atoms with Crippen molar-refractivity contribution in [2.24, 2.45) is 4.99 Å². The van der Waals surface area contributed by atoms with E-state index in [9.17, 15) is 22.8 Å². The first kappa shape index (κ1) is 19.9. The number of amidine groups is 1. The highest BCUT2D eigenvalue weighted by molar-refractivity contribution is 8.15. The molecule has 9 heteroatoms. The van der Waals surface area contributed by atoms with Crippen molar-refractivity contribution in [2.45, 2.75) is 17.8 Å². The van der Waals surface area contributed by atoms with Gasteiger partial charge in [0.2, 0.25) is 11.8 Å². The molecule has 28 heavy (non-hydrogen) atoms. The molecule has 1 fully saturated rings. The SMILES string of the molecule is CN1C(=O)C[C@H](C(=O)Nc2ccccc2)SC1=Nc1cccc(C(F)(F)F)c1. The van der Waals surface area contributed by atoms with E-state index in [4.69, 9.17) is 0 Å². The van der Waals surface area contributed by atoms with Crippen molar-refractivity contribution in [1.29, 1.82) is 0 Å². The van der Waals surface area contributed by atoms with Gasteiger partial charge < -0.3 is 5.32 Å². The molecular weight excluding hydrogens is 391 g/mol. The van der Waals surface area contributed by atoms with E-state index in [1.54, 1.807) is 24.3 Å². The maximum atomic E-state index is 12.9. The Hall–Kier alpha value is -2.81. The number of hydrogen-bond acceptors (Lipinski definition) is 4. The van der Waals surface area contributed by atoms with Crippen molar-refractivity contribution >= 4 is 40.1 Å². The van der Waals surface area contributed by atoms with Gasteiger partial charge in [-0.25, -0.2) is 4.99 Å². The smallest absolute Gasteiger partial charge is 0.325 e. The van der Waals surface area contributed by atoms with Gasteiger partial charge in [0.25, 0.3) is 0 Å². The largest absolute Gasteiger partial charge is 0.416 e. The Balaban J connectivity index is 1.81. The highest BCUT2D eigenvalue weighted by atomic mass is 32.2. The number of nitrogens with one attached hydrogen (secondary N) is 1. The first-order chi connectivity index (χ1) is 13.2. The predicted molar refractivity (Wildman–Crippen MR) is 102 cm³/mol. The summed E-state index contributed by atoms with van der Waals surface area (Å²) in [7, 11) is 1.48. The maximum absolute atomic E-state index is 12.9. The molecule has 0 spiro atoms. The van der Waals surface area contributed by atoms with Gasteiger partial charge in [-0.15, -0.1) is 0 Å². The van der Waals surface area contributed by atoms with Crippen LogP contribution in [0.25, 0.3) is 0 Å². The number of hydrogen-bond donors (Lipinski definition) is 1. The van der Waals surface area contributed by atoms with E-state index in [1.807, 2.05) is 6.07 Å². The highest BCUT2D eigenvalue weighted by Gasteiger charge is 2.34. The Kier molecular flexibility index (Phi) is 5.73. The van der Waals surface area contributed by atoms with E-state index >= 15 is 0 Å². The summed E-state index contributed by atoms with van der Waals surface area (Å²) in [4.78, 5) is 30.2. The maximum Gasteiger partial charge on any atom is 0.416 e. The van der Waals surface area contributed by atoms with Gasteiger partial charge in [-0.2, -0.15) is 13.2 Å². The Morgan fingerprint density at radius 3 is 2.57 bits per heavy atom. The Morgan fingerprint density at radius 1 is 1.18 bits per heavy atom. The van der Waals surface area contributed by atoms with E-state index in [-0.39, 0.29) is 29.1 Å². The Labute approximate surface area is 163 Å². The van der Waals surface area contributed by atoms with E-state index in [0.29, 0.717) is 5.69 Å². The quantitative estimate of drug-likeness (QED) is 0.826. The Bertz CT molecular complexity index is 916. The molecule has 0 aromatic heterocycles. The predicted octanol–water partition coefficient (Wildman–Crippen LogP) is 4.30. The molecule has 2 amide bonds. The van der Waals surface area contributed by atoms with Crippen LogP contribution in [0, 0.1) is 0 Å². The molecule has 1 saturated heterocycles. The molecule has 1 aliphatic rings. The van der Waals surface area contributed by atoms with Crippen molar-refractivity contribution in [1.82, 2.24) is 4.90 Å². The summed E-state index contributed by atoms with van der Waals surface area (Å²) >= 11 is 1.04. The van der Waals surface area contributed by atoms with Gasteiger partial charge in [0, 0.05) is 19.2 Å². The minimum absolute atomic E-state index is 0.0263. The van der Waals surface area contributed by atoms with Crippen LogP contribution in [0.4, 0.5) is 24.5 Å². The Morgan fingerprint density at radius 2 is 1.89 bits per heavy atom. The van der Waals surface area contributed by atoms with Gasteiger partial charge >= 0.3 is 6.18 Å². The number of alkyl halides is 3. The van der Waals surface area contributed by atoms with Gasteiger partial charge in [0.05, 0.1) is 11.3 Å². The second-order valence-corrected chi connectivity index (χ2v) is 7.23. The molecule has 2 aromatic rings. The van der Waals surface area contributed by atoms with Gasteiger partial charge in [-0.1, -0.05) is 36.0 Å². The van der Waals surface area contributed by atoms with E-state index in [0.717, 1.165) is 23.9 Å². The number of thioether (sulfide) groups is 1. The second-order valence-electron chi connectivity index (χ2n) is 6.06. The van der Waals surface area contributed by atoms with E-state index in [1.165, 1.54) is 24.1 Å². The number of halogens is 3. The number of anilines is 1. The number of carbonyl (C=O) groups is 2. The molecular formula is C19H16F3N3O2S. The third-order valence-electron chi connectivity index (χ3n) is 4.00. The molecule has 146 valence electrons. The lowest BCUT2D eigenvalue weighted by atomic mass is 10.2. The molecule has 1 aliphatic heterocycles. The normalized spacial score (nSPS) is 19.0. The molecule has 0 radical (unpaired) electrons. The van der Waals surface area contributed by atoms with Crippen molar-refractivity contribution in [2.75, 3.05) is 12.4 Å². The standard InChI is InChI=1S/C19H16F3N3O2S/c1-25-16(26)11-15(17(27)23-13-7-3-2-4-8-13)28-18(25)24-14-9-5-6-12(10-14)19(20,21)22/h2-10,15H,11H2,1H3,(H,23,27)/t15-/m1/s1. The van der Waals surface area contributed by atoms with Crippen LogP contribution in [0.15, 0.2) is 59.6 Å². The summed E-state index contributed by atoms with van der Waals surface area (Å²) in [6, 6.07) is 13.3. The monoisotopic (exact) mass is 407 g/mol. The minimum atomic E-state index is -4.49. The summed E-state index contributed by atoms with van der Waals surface area (Å²) in [6.45, 7) is 0. The molecule has 1 N–H and O–H groups in total. The van der Waals surface area contributed by atoms with Crippen molar-refractivity contribution < 1.29 is 22.8 Å². The number of para-hydroxylation sites is 1. The molecule has 0 aliphatic carbocycles. The molecule has 1 atom stereocenters. The lowest BCUT2D eigenvalue weighted by Crippen LogP contribution is -2.43. The molecule has 0 bridgehead atoms. The average Bonchev–Trinajstić information content (AvgIpc) is 2.65. The zero-order valence-corrected chi connectivity index (χ0v) is 15.6. The van der Waals surface area contributed by atoms with Crippen LogP contribution in [-0.2, 0) is 15.8 Å². The number of amides is 2. The summed E-state index contributed by atoms with van der Waals surface area (Å²) in [6.07, 6.45) is -4.52. The summed E-state index contributed by atoms with van der Waals surface area (Å²) in [5.74, 6) is -0.702. The third kappa shape index (κ3) is 4.72. The van der Waals surface area contributed by atoms with Gasteiger partial charge in [0.1, 0.15) is 5.25 Å². The fourth-order valence-corrected chi connectivity index (χ4v) is 3.57. The van der Waals surface area contributed by atoms with Gasteiger partial charge in [-0.05, 0) is 30.3 Å². The molecule has 5 nitrogen and oxygen atoms in total. The lowest BCUT2D eigenvalue weighted by molar-refractivity contribution is -0.137. The molecule has 0 saturated carbocycles. The van der Waals surface area contributed by atoms with Crippen LogP contribution in [-0.4, -0.2) is 34.2 Å². The number of benzene rings is 2. The first-order valence-electron chi connectivity index (χ1n) is 8.29. The van der Waals surface area contributed by atoms with Crippen LogP contribution in [0.5, 0.6) is 0 Å². The van der Waals surface area contributed by atoms with Crippen molar-refractivity contribution in [3.8, 4) is 0 Å². The summed E-state index contributed by atoms with van der Waals surface area (Å²) in [5.41, 5.74) is -0.181. The zero-order chi connectivity index (χ0) is 20.3. The number of nitrogens with zero attached hydrogens (tertiary/aromatic N) is 2. The third-order valence-corrected chi connectivity index (χ3v) is 5.24. The number of carbonyl (C=O) groups excluding carboxylic acids is 2. The first-order valence-corrected chi connectivity index (χ1v) is 9.17. The van der Waals surface area contributed by atoms with E-state index < -0.39 is 17.0 Å². The zero-order valence-electron chi connectivity index (χ0n) is 14.7. The van der Waals surface area contributed by atoms with Crippen molar-refractivity contribution in [3.05, 3.63) is 60.2 Å². The topological polar surface area (TPSA) is 61.8 Å². The summed E-state index contributed by atoms with van der Waals surface area (Å²) < 4.78 is 38.7. The molecule has 2 aromatic carbocycles. The van der Waals surface area contributed by atoms with Crippen LogP contribution in [0.2, 0.25) is 0 Å². The minimum Gasteiger partial charge on any atom is -0.325 e. The van der Waals surface area contributed by atoms with Gasteiger partial charge in [-0.3, -0.25) is 14.5 Å².